The molecule has 0 heterocycles. The molecule has 0 amide bonds. The number of benzene rings is 2. The second-order valence-electron chi connectivity index (χ2n) is 5.46. The van der Waals surface area contributed by atoms with Gasteiger partial charge in [-0.15, -0.1) is 0 Å². The van der Waals surface area contributed by atoms with Crippen LogP contribution in [0, 0.1) is 11.3 Å². The molecule has 3 heteroatoms. The summed E-state index contributed by atoms with van der Waals surface area (Å²) in [5.41, 5.74) is 0.602. The molecule has 0 aliphatic heterocycles. The van der Waals surface area contributed by atoms with E-state index in [9.17, 15) is 5.26 Å². The van der Waals surface area contributed by atoms with E-state index in [0.29, 0.717) is 0 Å². The van der Waals surface area contributed by atoms with Crippen LogP contribution >= 0.6 is 0 Å². The third kappa shape index (κ3) is 3.61. The third-order valence-corrected chi connectivity index (χ3v) is 4.19. The average Bonchev–Trinajstić information content (AvgIpc) is 2.62. The molecule has 0 aliphatic rings. The Morgan fingerprint density at radius 2 is 1.39 bits per heavy atom. The Hall–Kier alpha value is -2.15. The van der Waals surface area contributed by atoms with E-state index in [1.165, 1.54) is 0 Å². The summed E-state index contributed by atoms with van der Waals surface area (Å²) >= 11 is 0. The summed E-state index contributed by atoms with van der Waals surface area (Å²) in [5, 5.41) is 10.1. The van der Waals surface area contributed by atoms with Crippen LogP contribution in [0.5, 0.6) is 0 Å². The highest BCUT2D eigenvalue weighted by molar-refractivity contribution is 5.42. The van der Waals surface area contributed by atoms with Gasteiger partial charge in [0, 0.05) is 11.1 Å². The topological polar surface area (TPSA) is 36.3 Å². The minimum absolute atomic E-state index is 0.162. The molecule has 3 nitrogen and oxygen atoms in total. The SMILES string of the molecule is CCN(CC)C(C)OC(C#N)(c1ccccc1)c1ccccc1. The predicted molar refractivity (Wildman–Crippen MR) is 92.7 cm³/mol. The van der Waals surface area contributed by atoms with Crippen molar-refractivity contribution in [3.63, 3.8) is 0 Å². The van der Waals surface area contributed by atoms with Gasteiger partial charge in [-0.1, -0.05) is 74.5 Å². The van der Waals surface area contributed by atoms with Gasteiger partial charge in [-0.25, -0.2) is 0 Å². The van der Waals surface area contributed by atoms with Crippen molar-refractivity contribution in [2.45, 2.75) is 32.6 Å². The molecule has 2 rings (SSSR count). The van der Waals surface area contributed by atoms with Gasteiger partial charge in [-0.2, -0.15) is 5.26 Å². The number of hydrogen-bond acceptors (Lipinski definition) is 3. The average molecular weight is 308 g/mol. The molecule has 0 radical (unpaired) electrons. The van der Waals surface area contributed by atoms with Gasteiger partial charge in [0.2, 0.25) is 5.60 Å². The number of rotatable bonds is 7. The molecule has 2 aromatic rings. The van der Waals surface area contributed by atoms with Crippen molar-refractivity contribution in [2.75, 3.05) is 13.1 Å². The number of nitriles is 1. The van der Waals surface area contributed by atoms with Gasteiger partial charge >= 0.3 is 0 Å². The molecule has 1 unspecified atom stereocenters. The molecule has 1 atom stereocenters. The monoisotopic (exact) mass is 308 g/mol. The first kappa shape index (κ1) is 17.2. The van der Waals surface area contributed by atoms with Gasteiger partial charge < -0.3 is 4.74 Å². The third-order valence-electron chi connectivity index (χ3n) is 4.19. The standard InChI is InChI=1S/C20H24N2O/c1-4-22(5-2)17(3)23-20(16-21,18-12-8-6-9-13-18)19-14-10-7-11-15-19/h6-15,17H,4-5H2,1-3H3. The van der Waals surface area contributed by atoms with E-state index in [0.717, 1.165) is 24.2 Å². The maximum atomic E-state index is 10.1. The Labute approximate surface area is 139 Å². The Balaban J connectivity index is 2.50. The molecule has 0 aliphatic carbocycles. The largest absolute Gasteiger partial charge is 0.334 e. The van der Waals surface area contributed by atoms with E-state index in [4.69, 9.17) is 4.74 Å². The molecule has 120 valence electrons. The predicted octanol–water partition coefficient (Wildman–Crippen LogP) is 4.16. The van der Waals surface area contributed by atoms with E-state index in [1.54, 1.807) is 0 Å². The van der Waals surface area contributed by atoms with Gasteiger partial charge in [0.15, 0.2) is 0 Å². The smallest absolute Gasteiger partial charge is 0.207 e. The van der Waals surface area contributed by atoms with Crippen LogP contribution < -0.4 is 0 Å². The molecule has 0 saturated heterocycles. The van der Waals surface area contributed by atoms with Gasteiger partial charge in [0.25, 0.3) is 0 Å². The van der Waals surface area contributed by atoms with Gasteiger partial charge in [-0.3, -0.25) is 4.90 Å². The second kappa shape index (κ2) is 7.92. The first-order valence-corrected chi connectivity index (χ1v) is 8.12. The molecule has 0 spiro atoms. The molecule has 0 bridgehead atoms. The highest BCUT2D eigenvalue weighted by Gasteiger charge is 2.38. The van der Waals surface area contributed by atoms with Crippen molar-refractivity contribution in [3.05, 3.63) is 71.8 Å². The summed E-state index contributed by atoms with van der Waals surface area (Å²) in [6.45, 7) is 7.96. The van der Waals surface area contributed by atoms with Gasteiger partial charge in [0.1, 0.15) is 12.3 Å². The van der Waals surface area contributed by atoms with Crippen LogP contribution in [0.15, 0.2) is 60.7 Å². The van der Waals surface area contributed by atoms with E-state index < -0.39 is 5.60 Å². The van der Waals surface area contributed by atoms with Crippen molar-refractivity contribution in [1.82, 2.24) is 4.90 Å². The van der Waals surface area contributed by atoms with Crippen molar-refractivity contribution >= 4 is 0 Å². The van der Waals surface area contributed by atoms with Crippen molar-refractivity contribution in [3.8, 4) is 6.07 Å². The Morgan fingerprint density at radius 3 is 1.74 bits per heavy atom. The van der Waals surface area contributed by atoms with Gasteiger partial charge in [0.05, 0.1) is 0 Å². The quantitative estimate of drug-likeness (QED) is 0.721. The zero-order chi connectivity index (χ0) is 16.7. The van der Waals surface area contributed by atoms with E-state index in [-0.39, 0.29) is 6.23 Å². The van der Waals surface area contributed by atoms with E-state index in [2.05, 4.69) is 24.8 Å². The first-order chi connectivity index (χ1) is 11.2. The summed E-state index contributed by atoms with van der Waals surface area (Å²) < 4.78 is 6.37. The van der Waals surface area contributed by atoms with Crippen LogP contribution in [-0.2, 0) is 10.3 Å². The Kier molecular flexibility index (Phi) is 5.92. The van der Waals surface area contributed by atoms with Crippen LogP contribution in [0.3, 0.4) is 0 Å². The molecular formula is C20H24N2O. The molecular weight excluding hydrogens is 284 g/mol. The lowest BCUT2D eigenvalue weighted by Gasteiger charge is -2.35. The second-order valence-corrected chi connectivity index (χ2v) is 5.46. The molecule has 0 fully saturated rings. The fraction of sp³-hybridized carbons (Fsp3) is 0.350. The zero-order valence-electron chi connectivity index (χ0n) is 14.1. The Morgan fingerprint density at radius 1 is 0.957 bits per heavy atom. The molecule has 2 aromatic carbocycles. The number of ether oxygens (including phenoxy) is 1. The lowest BCUT2D eigenvalue weighted by molar-refractivity contribution is -0.105. The summed E-state index contributed by atoms with van der Waals surface area (Å²) in [6.07, 6.45) is -0.162. The molecule has 0 aromatic heterocycles. The Bertz CT molecular complexity index is 590. The molecule has 0 saturated carbocycles. The van der Waals surface area contributed by atoms with Crippen LogP contribution in [0.1, 0.15) is 31.9 Å². The molecule has 0 N–H and O–H groups in total. The van der Waals surface area contributed by atoms with Crippen molar-refractivity contribution in [2.24, 2.45) is 0 Å². The van der Waals surface area contributed by atoms with Crippen LogP contribution in [-0.4, -0.2) is 24.2 Å². The molecule has 23 heavy (non-hydrogen) atoms. The highest BCUT2D eigenvalue weighted by Crippen LogP contribution is 2.34. The lowest BCUT2D eigenvalue weighted by Crippen LogP contribution is -2.42. The maximum Gasteiger partial charge on any atom is 0.207 e. The van der Waals surface area contributed by atoms with Crippen LogP contribution in [0.2, 0.25) is 0 Å². The summed E-state index contributed by atoms with van der Waals surface area (Å²) in [5.74, 6) is 0. The highest BCUT2D eigenvalue weighted by atomic mass is 16.5. The lowest BCUT2D eigenvalue weighted by atomic mass is 9.87. The summed E-state index contributed by atoms with van der Waals surface area (Å²) in [4.78, 5) is 2.19. The number of hydrogen-bond donors (Lipinski definition) is 0. The fourth-order valence-corrected chi connectivity index (χ4v) is 2.87. The van der Waals surface area contributed by atoms with Crippen LogP contribution in [0.25, 0.3) is 0 Å². The number of nitrogens with zero attached hydrogens (tertiary/aromatic N) is 2. The maximum absolute atomic E-state index is 10.1. The summed E-state index contributed by atoms with van der Waals surface area (Å²) in [6, 6.07) is 21.9. The fourth-order valence-electron chi connectivity index (χ4n) is 2.87. The van der Waals surface area contributed by atoms with Gasteiger partial charge in [-0.05, 0) is 20.0 Å². The first-order valence-electron chi connectivity index (χ1n) is 8.12. The van der Waals surface area contributed by atoms with Crippen molar-refractivity contribution in [1.29, 1.82) is 5.26 Å². The minimum Gasteiger partial charge on any atom is -0.334 e. The normalized spacial score (nSPS) is 12.8. The van der Waals surface area contributed by atoms with Crippen LogP contribution in [0.4, 0.5) is 0 Å². The van der Waals surface area contributed by atoms with Crippen molar-refractivity contribution < 1.29 is 4.74 Å². The van der Waals surface area contributed by atoms with E-state index >= 15 is 0 Å². The zero-order valence-corrected chi connectivity index (χ0v) is 14.1. The minimum atomic E-state index is -1.11. The summed E-state index contributed by atoms with van der Waals surface area (Å²) in [7, 11) is 0. The van der Waals surface area contributed by atoms with E-state index in [1.807, 2.05) is 67.6 Å².